The molecule has 2 amide bonds. The van der Waals surface area contributed by atoms with Gasteiger partial charge in [-0.05, 0) is 36.2 Å². The van der Waals surface area contributed by atoms with Gasteiger partial charge in [0.25, 0.3) is 5.91 Å². The molecule has 1 fully saturated rings. The van der Waals surface area contributed by atoms with Crippen molar-refractivity contribution in [2.24, 2.45) is 0 Å². The molecule has 1 saturated heterocycles. The molecule has 7 heteroatoms. The topological polar surface area (TPSA) is 63.7 Å². The molecule has 0 saturated carbocycles. The Morgan fingerprint density at radius 1 is 1.17 bits per heavy atom. The molecule has 124 valence electrons. The monoisotopic (exact) mass is 363 g/mol. The number of thiophene rings is 1. The summed E-state index contributed by atoms with van der Waals surface area (Å²) < 4.78 is 5.03. The van der Waals surface area contributed by atoms with Crippen molar-refractivity contribution in [3.05, 3.63) is 46.3 Å². The van der Waals surface area contributed by atoms with E-state index in [1.807, 2.05) is 18.2 Å². The fourth-order valence-corrected chi connectivity index (χ4v) is 3.44. The van der Waals surface area contributed by atoms with Gasteiger partial charge in [-0.2, -0.15) is 0 Å². The Kier molecular flexibility index (Phi) is 4.97. The first-order valence-electron chi connectivity index (χ1n) is 7.41. The minimum atomic E-state index is -0.569. The van der Waals surface area contributed by atoms with Gasteiger partial charge < -0.3 is 4.74 Å². The Bertz CT molecular complexity index is 784. The second-order valence-electron chi connectivity index (χ2n) is 5.29. The number of rotatable bonds is 4. The molecule has 24 heavy (non-hydrogen) atoms. The minimum absolute atomic E-state index is 0.211. The van der Waals surface area contributed by atoms with Gasteiger partial charge in [-0.15, -0.1) is 11.3 Å². The van der Waals surface area contributed by atoms with Gasteiger partial charge in [0.2, 0.25) is 5.91 Å². The number of nitrogens with zero attached hydrogens (tertiary/aromatic N) is 1. The van der Waals surface area contributed by atoms with E-state index in [2.05, 4.69) is 0 Å². The maximum Gasteiger partial charge on any atom is 0.348 e. The second kappa shape index (κ2) is 7.15. The molecule has 0 unspecified atom stereocenters. The third kappa shape index (κ3) is 3.66. The van der Waals surface area contributed by atoms with Gasteiger partial charge in [0.1, 0.15) is 4.88 Å². The average Bonchev–Trinajstić information content (AvgIpc) is 3.22. The number of carbonyl (C=O) groups is 3. The Morgan fingerprint density at radius 2 is 1.92 bits per heavy atom. The van der Waals surface area contributed by atoms with Crippen LogP contribution in [0.3, 0.4) is 0 Å². The summed E-state index contributed by atoms with van der Waals surface area (Å²) in [5, 5.41) is 0.643. The second-order valence-corrected chi connectivity index (χ2v) is 6.81. The molecule has 1 aromatic heterocycles. The number of esters is 1. The Labute approximate surface area is 147 Å². The molecule has 3 rings (SSSR count). The van der Waals surface area contributed by atoms with Crippen LogP contribution >= 0.6 is 22.9 Å². The van der Waals surface area contributed by atoms with E-state index >= 15 is 0 Å². The van der Waals surface area contributed by atoms with Gasteiger partial charge >= 0.3 is 5.97 Å². The van der Waals surface area contributed by atoms with Gasteiger partial charge in [-0.1, -0.05) is 23.7 Å². The number of carbonyl (C=O) groups excluding carboxylic acids is 3. The summed E-state index contributed by atoms with van der Waals surface area (Å²) in [4.78, 5) is 37.8. The zero-order valence-corrected chi connectivity index (χ0v) is 14.2. The normalized spacial score (nSPS) is 14.0. The average molecular weight is 364 g/mol. The third-order valence-corrected chi connectivity index (χ3v) is 5.00. The maximum absolute atomic E-state index is 12.1. The lowest BCUT2D eigenvalue weighted by atomic mass is 10.2. The fraction of sp³-hybridized carbons (Fsp3) is 0.235. The maximum atomic E-state index is 12.1. The number of benzene rings is 1. The highest BCUT2D eigenvalue weighted by molar-refractivity contribution is 7.17. The van der Waals surface area contributed by atoms with E-state index in [-0.39, 0.29) is 5.91 Å². The van der Waals surface area contributed by atoms with E-state index in [0.29, 0.717) is 29.3 Å². The highest BCUT2D eigenvalue weighted by Gasteiger charge is 2.27. The number of likely N-dealkylation sites (tertiary alicyclic amines) is 1. The largest absolute Gasteiger partial charge is 0.451 e. The van der Waals surface area contributed by atoms with Crippen molar-refractivity contribution in [2.75, 3.05) is 13.2 Å². The molecule has 2 aromatic rings. The summed E-state index contributed by atoms with van der Waals surface area (Å²) in [5.74, 6) is -1.25. The van der Waals surface area contributed by atoms with Crippen LogP contribution in [-0.2, 0) is 14.3 Å². The number of hydrogen-bond acceptors (Lipinski definition) is 5. The van der Waals surface area contributed by atoms with Crippen molar-refractivity contribution in [1.29, 1.82) is 0 Å². The molecular formula is C17H14ClNO4S. The molecule has 0 atom stereocenters. The fourth-order valence-electron chi connectivity index (χ4n) is 2.41. The summed E-state index contributed by atoms with van der Waals surface area (Å²) in [6, 6.07) is 10.8. The molecular weight excluding hydrogens is 350 g/mol. The Balaban J connectivity index is 1.60. The van der Waals surface area contributed by atoms with E-state index in [4.69, 9.17) is 16.3 Å². The number of ether oxygens (including phenoxy) is 1. The molecule has 0 radical (unpaired) electrons. The van der Waals surface area contributed by atoms with E-state index in [1.54, 1.807) is 18.2 Å². The summed E-state index contributed by atoms with van der Waals surface area (Å²) in [5.41, 5.74) is 0.946. The van der Waals surface area contributed by atoms with Crippen LogP contribution in [0.4, 0.5) is 0 Å². The van der Waals surface area contributed by atoms with Crippen molar-refractivity contribution in [3.63, 3.8) is 0 Å². The van der Waals surface area contributed by atoms with Crippen LogP contribution in [0.2, 0.25) is 5.02 Å². The molecule has 0 bridgehead atoms. The molecule has 0 N–H and O–H groups in total. The number of imide groups is 1. The lowest BCUT2D eigenvalue weighted by Gasteiger charge is -2.12. The van der Waals surface area contributed by atoms with Gasteiger partial charge in [-0.25, -0.2) is 4.79 Å². The molecule has 0 spiro atoms. The number of halogens is 1. The summed E-state index contributed by atoms with van der Waals surface area (Å²) in [7, 11) is 0. The number of hydrogen-bond donors (Lipinski definition) is 0. The first-order chi connectivity index (χ1) is 11.5. The van der Waals surface area contributed by atoms with E-state index in [0.717, 1.165) is 15.3 Å². The van der Waals surface area contributed by atoms with Crippen LogP contribution in [0.15, 0.2) is 36.4 Å². The predicted octanol–water partition coefficient (Wildman–Crippen LogP) is 3.37. The summed E-state index contributed by atoms with van der Waals surface area (Å²) in [6.07, 6.45) is 1.03. The molecule has 1 aliphatic heterocycles. The van der Waals surface area contributed by atoms with E-state index in [1.165, 1.54) is 11.3 Å². The van der Waals surface area contributed by atoms with E-state index in [9.17, 15) is 14.4 Å². The van der Waals surface area contributed by atoms with Crippen LogP contribution in [0.1, 0.15) is 22.5 Å². The standard InChI is InChI=1S/C17H14ClNO4S/c18-12-5-3-11(4-6-12)13-7-8-14(24-13)17(22)23-10-16(21)19-9-1-2-15(19)20/h3-8H,1-2,9-10H2. The van der Waals surface area contributed by atoms with Crippen molar-refractivity contribution in [2.45, 2.75) is 12.8 Å². The SMILES string of the molecule is O=C(OCC(=O)N1CCCC1=O)c1ccc(-c2ccc(Cl)cc2)s1. The highest BCUT2D eigenvalue weighted by Crippen LogP contribution is 2.29. The first-order valence-corrected chi connectivity index (χ1v) is 8.60. The minimum Gasteiger partial charge on any atom is -0.451 e. The van der Waals surface area contributed by atoms with Crippen molar-refractivity contribution in [1.82, 2.24) is 4.90 Å². The van der Waals surface area contributed by atoms with Crippen LogP contribution < -0.4 is 0 Å². The molecule has 0 aliphatic carbocycles. The smallest absolute Gasteiger partial charge is 0.348 e. The summed E-state index contributed by atoms with van der Waals surface area (Å²) in [6.45, 7) is -0.0202. The van der Waals surface area contributed by atoms with Crippen LogP contribution in [0.25, 0.3) is 10.4 Å². The van der Waals surface area contributed by atoms with Crippen LogP contribution in [0.5, 0.6) is 0 Å². The lowest BCUT2D eigenvalue weighted by molar-refractivity contribution is -0.143. The van der Waals surface area contributed by atoms with Gasteiger partial charge in [0, 0.05) is 22.9 Å². The van der Waals surface area contributed by atoms with Crippen molar-refractivity contribution >= 4 is 40.7 Å². The van der Waals surface area contributed by atoms with Gasteiger partial charge in [0.05, 0.1) is 0 Å². The van der Waals surface area contributed by atoms with Gasteiger partial charge in [0.15, 0.2) is 6.61 Å². The molecule has 5 nitrogen and oxygen atoms in total. The van der Waals surface area contributed by atoms with Crippen molar-refractivity contribution < 1.29 is 19.1 Å². The lowest BCUT2D eigenvalue weighted by Crippen LogP contribution is -2.35. The molecule has 1 aliphatic rings. The van der Waals surface area contributed by atoms with E-state index < -0.39 is 18.5 Å². The molecule has 1 aromatic carbocycles. The number of amides is 2. The van der Waals surface area contributed by atoms with Gasteiger partial charge in [-0.3, -0.25) is 14.5 Å². The summed E-state index contributed by atoms with van der Waals surface area (Å²) >= 11 is 7.13. The molecule has 2 heterocycles. The first kappa shape index (κ1) is 16.7. The van der Waals surface area contributed by atoms with Crippen molar-refractivity contribution in [3.8, 4) is 10.4 Å². The van der Waals surface area contributed by atoms with Crippen LogP contribution in [-0.4, -0.2) is 35.8 Å². The zero-order valence-electron chi connectivity index (χ0n) is 12.7. The Morgan fingerprint density at radius 3 is 2.58 bits per heavy atom. The predicted molar refractivity (Wildman–Crippen MR) is 91.0 cm³/mol. The zero-order chi connectivity index (χ0) is 17.1. The quantitative estimate of drug-likeness (QED) is 0.781. The van der Waals surface area contributed by atoms with Crippen LogP contribution in [0, 0.1) is 0 Å². The third-order valence-electron chi connectivity index (χ3n) is 3.64. The highest BCUT2D eigenvalue weighted by atomic mass is 35.5. The Hall–Kier alpha value is -2.18.